The van der Waals surface area contributed by atoms with E-state index in [2.05, 4.69) is 17.4 Å². The molecule has 1 aliphatic heterocycles. The summed E-state index contributed by atoms with van der Waals surface area (Å²) in [6, 6.07) is 15.3. The van der Waals surface area contributed by atoms with Gasteiger partial charge in [0, 0.05) is 11.3 Å². The first-order valence-electron chi connectivity index (χ1n) is 9.85. The second kappa shape index (κ2) is 8.40. The molecule has 1 saturated heterocycles. The lowest BCUT2D eigenvalue weighted by Gasteiger charge is -2.23. The lowest BCUT2D eigenvalue weighted by atomic mass is 10.0. The van der Waals surface area contributed by atoms with Crippen molar-refractivity contribution in [1.82, 2.24) is 4.90 Å². The molecule has 0 spiro atoms. The van der Waals surface area contributed by atoms with E-state index >= 15 is 0 Å². The number of hydrogen-bond donors (Lipinski definition) is 1. The van der Waals surface area contributed by atoms with Gasteiger partial charge in [-0.25, -0.2) is 0 Å². The molecule has 1 atom stereocenters. The molecule has 0 radical (unpaired) electrons. The molecule has 0 aliphatic carbocycles. The Morgan fingerprint density at radius 3 is 2.47 bits per heavy atom. The molecule has 4 rings (SSSR count). The van der Waals surface area contributed by atoms with Crippen LogP contribution in [0.25, 0.3) is 0 Å². The number of carbonyl (C=O) groups excluding carboxylic acids is 2. The van der Waals surface area contributed by atoms with Crippen LogP contribution in [-0.4, -0.2) is 22.5 Å². The van der Waals surface area contributed by atoms with Gasteiger partial charge in [-0.05, 0) is 61.7 Å². The van der Waals surface area contributed by atoms with Gasteiger partial charge in [-0.15, -0.1) is 11.8 Å². The average Bonchev–Trinajstić information content (AvgIpc) is 3.35. The van der Waals surface area contributed by atoms with Gasteiger partial charge < -0.3 is 14.6 Å². The first-order chi connectivity index (χ1) is 14.4. The van der Waals surface area contributed by atoms with E-state index in [1.165, 1.54) is 5.56 Å². The largest absolute Gasteiger partial charge is 0.467 e. The molecule has 1 fully saturated rings. The van der Waals surface area contributed by atoms with Gasteiger partial charge in [-0.3, -0.25) is 9.59 Å². The highest BCUT2D eigenvalue weighted by atomic mass is 32.2. The number of hydrogen-bond acceptors (Lipinski definition) is 4. The van der Waals surface area contributed by atoms with Crippen LogP contribution in [0.1, 0.15) is 43.7 Å². The van der Waals surface area contributed by atoms with Gasteiger partial charge in [0.25, 0.3) is 5.91 Å². The number of anilines is 1. The summed E-state index contributed by atoms with van der Waals surface area (Å²) in [6.07, 6.45) is 1.61. The number of rotatable bonds is 5. The third kappa shape index (κ3) is 4.14. The molecule has 2 heterocycles. The molecular weight excluding hydrogens is 396 g/mol. The van der Waals surface area contributed by atoms with E-state index in [0.29, 0.717) is 17.9 Å². The van der Waals surface area contributed by atoms with E-state index in [4.69, 9.17) is 4.42 Å². The zero-order valence-corrected chi connectivity index (χ0v) is 18.1. The van der Waals surface area contributed by atoms with Crippen molar-refractivity contribution in [3.63, 3.8) is 0 Å². The highest BCUT2D eigenvalue weighted by Crippen LogP contribution is 2.39. The predicted octanol–water partition coefficient (Wildman–Crippen LogP) is 5.23. The van der Waals surface area contributed by atoms with Crippen molar-refractivity contribution >= 4 is 29.3 Å². The van der Waals surface area contributed by atoms with Crippen LogP contribution in [0.15, 0.2) is 59.2 Å². The maximum atomic E-state index is 12.8. The second-order valence-corrected chi connectivity index (χ2v) is 8.68. The summed E-state index contributed by atoms with van der Waals surface area (Å²) in [5.41, 5.74) is 5.71. The van der Waals surface area contributed by atoms with E-state index in [9.17, 15) is 9.59 Å². The van der Waals surface area contributed by atoms with Crippen molar-refractivity contribution in [3.05, 3.63) is 88.4 Å². The van der Waals surface area contributed by atoms with Crippen LogP contribution < -0.4 is 5.32 Å². The van der Waals surface area contributed by atoms with E-state index in [0.717, 1.165) is 28.1 Å². The summed E-state index contributed by atoms with van der Waals surface area (Å²) in [7, 11) is 0. The smallest absolute Gasteiger partial charge is 0.255 e. The Kier molecular flexibility index (Phi) is 5.68. The summed E-state index contributed by atoms with van der Waals surface area (Å²) < 4.78 is 5.41. The summed E-state index contributed by atoms with van der Waals surface area (Å²) in [6.45, 7) is 6.49. The Morgan fingerprint density at radius 2 is 1.83 bits per heavy atom. The quantitative estimate of drug-likeness (QED) is 0.614. The molecule has 1 aliphatic rings. The standard InChI is InChI=1S/C24H24N2O3S/c1-15-11-16(2)22(17(3)12-15)25-23(28)18-6-8-19(9-7-18)24-26(21(27)14-30-24)13-20-5-4-10-29-20/h4-12,24H,13-14H2,1-3H3,(H,25,28)/t24-/m1/s1. The molecule has 3 aromatic rings. The Bertz CT molecular complexity index is 1050. The van der Waals surface area contributed by atoms with Gasteiger partial charge in [0.1, 0.15) is 11.1 Å². The van der Waals surface area contributed by atoms with Crippen molar-refractivity contribution in [2.45, 2.75) is 32.7 Å². The number of carbonyl (C=O) groups is 2. The van der Waals surface area contributed by atoms with Crippen LogP contribution >= 0.6 is 11.8 Å². The summed E-state index contributed by atoms with van der Waals surface area (Å²) in [5, 5.41) is 2.95. The fraction of sp³-hybridized carbons (Fsp3) is 0.250. The van der Waals surface area contributed by atoms with Gasteiger partial charge >= 0.3 is 0 Å². The maximum absolute atomic E-state index is 12.8. The number of thioether (sulfide) groups is 1. The number of amides is 2. The number of nitrogens with zero attached hydrogens (tertiary/aromatic N) is 1. The topological polar surface area (TPSA) is 62.6 Å². The minimum Gasteiger partial charge on any atom is -0.467 e. The van der Waals surface area contributed by atoms with E-state index in [-0.39, 0.29) is 17.2 Å². The summed E-state index contributed by atoms with van der Waals surface area (Å²) in [4.78, 5) is 26.9. The van der Waals surface area contributed by atoms with Gasteiger partial charge in [0.15, 0.2) is 0 Å². The van der Waals surface area contributed by atoms with Crippen molar-refractivity contribution < 1.29 is 14.0 Å². The van der Waals surface area contributed by atoms with Crippen LogP contribution in [-0.2, 0) is 11.3 Å². The third-order valence-corrected chi connectivity index (χ3v) is 6.50. The molecule has 154 valence electrons. The predicted molar refractivity (Wildman–Crippen MR) is 120 cm³/mol. The van der Waals surface area contributed by atoms with Gasteiger partial charge in [0.2, 0.25) is 5.91 Å². The summed E-state index contributed by atoms with van der Waals surface area (Å²) in [5.74, 6) is 1.16. The SMILES string of the molecule is Cc1cc(C)c(NC(=O)c2ccc([C@H]3SCC(=O)N3Cc3ccco3)cc2)c(C)c1. The minimum absolute atomic E-state index is 0.0821. The zero-order chi connectivity index (χ0) is 21.3. The molecule has 0 unspecified atom stereocenters. The Morgan fingerprint density at radius 1 is 1.13 bits per heavy atom. The fourth-order valence-electron chi connectivity index (χ4n) is 3.83. The lowest BCUT2D eigenvalue weighted by molar-refractivity contribution is -0.128. The number of aryl methyl sites for hydroxylation is 3. The highest BCUT2D eigenvalue weighted by Gasteiger charge is 2.33. The van der Waals surface area contributed by atoms with Crippen LogP contribution in [0.5, 0.6) is 0 Å². The lowest BCUT2D eigenvalue weighted by Crippen LogP contribution is -2.27. The average molecular weight is 421 g/mol. The first kappa shape index (κ1) is 20.3. The van der Waals surface area contributed by atoms with E-state index < -0.39 is 0 Å². The Balaban J connectivity index is 1.50. The van der Waals surface area contributed by atoms with Crippen molar-refractivity contribution in [3.8, 4) is 0 Å². The molecule has 2 amide bonds. The van der Waals surface area contributed by atoms with Crippen molar-refractivity contribution in [1.29, 1.82) is 0 Å². The molecule has 30 heavy (non-hydrogen) atoms. The molecular formula is C24H24N2O3S. The van der Waals surface area contributed by atoms with Gasteiger partial charge in [-0.1, -0.05) is 29.8 Å². The van der Waals surface area contributed by atoms with Crippen LogP contribution in [0.4, 0.5) is 5.69 Å². The number of nitrogens with one attached hydrogen (secondary N) is 1. The minimum atomic E-state index is -0.140. The fourth-order valence-corrected chi connectivity index (χ4v) is 5.02. The monoisotopic (exact) mass is 420 g/mol. The van der Waals surface area contributed by atoms with Gasteiger partial charge in [-0.2, -0.15) is 0 Å². The molecule has 6 heteroatoms. The first-order valence-corrected chi connectivity index (χ1v) is 10.9. The zero-order valence-electron chi connectivity index (χ0n) is 17.3. The molecule has 5 nitrogen and oxygen atoms in total. The van der Waals surface area contributed by atoms with Crippen molar-refractivity contribution in [2.75, 3.05) is 11.1 Å². The second-order valence-electron chi connectivity index (χ2n) is 7.61. The normalized spacial score (nSPS) is 16.2. The van der Waals surface area contributed by atoms with Crippen molar-refractivity contribution in [2.24, 2.45) is 0 Å². The third-order valence-electron chi connectivity index (χ3n) is 5.25. The number of furan rings is 1. The molecule has 1 aromatic heterocycles. The maximum Gasteiger partial charge on any atom is 0.255 e. The van der Waals surface area contributed by atoms with Crippen LogP contribution in [0.3, 0.4) is 0 Å². The van der Waals surface area contributed by atoms with E-state index in [1.54, 1.807) is 18.0 Å². The Hall–Kier alpha value is -2.99. The summed E-state index contributed by atoms with van der Waals surface area (Å²) >= 11 is 1.59. The molecule has 0 bridgehead atoms. The Labute approximate surface area is 180 Å². The number of benzene rings is 2. The van der Waals surface area contributed by atoms with Crippen LogP contribution in [0, 0.1) is 20.8 Å². The van der Waals surface area contributed by atoms with Gasteiger partial charge in [0.05, 0.1) is 18.6 Å². The molecule has 2 aromatic carbocycles. The molecule has 0 saturated carbocycles. The van der Waals surface area contributed by atoms with Crippen LogP contribution in [0.2, 0.25) is 0 Å². The highest BCUT2D eigenvalue weighted by molar-refractivity contribution is 8.00. The molecule has 1 N–H and O–H groups in total. The van der Waals surface area contributed by atoms with E-state index in [1.807, 2.05) is 62.1 Å².